The van der Waals surface area contributed by atoms with Gasteiger partial charge in [-0.05, 0) is 45.2 Å². The number of nitrogens with one attached hydrogen (secondary N) is 3. The summed E-state index contributed by atoms with van der Waals surface area (Å²) in [4.78, 5) is 15.9. The normalized spacial score (nSPS) is 22.1. The number of alkyl halides is 3. The van der Waals surface area contributed by atoms with Crippen LogP contribution >= 0.6 is 0 Å². The van der Waals surface area contributed by atoms with Crippen molar-refractivity contribution in [2.24, 2.45) is 0 Å². The standard InChI is InChI=1S/C23H22F3N7O/c1-10-19(11(2)34-33-10)17-6-4-13-14(8-27-21(13)30-17)20-15(23(24,25)26)9-28-22(32-20)31-18-7-12-3-5-16(18)29-12/h4,6,8-9,12,16,18,29H,3,5,7H2,1-2H3,(H,27,30)(H,28,31,32)/t12-,16+,18+/m0/s1. The number of pyridine rings is 1. The van der Waals surface area contributed by atoms with Crippen molar-refractivity contribution in [3.05, 3.63) is 41.5 Å². The number of hydrogen-bond acceptors (Lipinski definition) is 7. The van der Waals surface area contributed by atoms with Gasteiger partial charge >= 0.3 is 6.18 Å². The van der Waals surface area contributed by atoms with Crippen molar-refractivity contribution in [3.63, 3.8) is 0 Å². The molecule has 8 nitrogen and oxygen atoms in total. The number of aryl methyl sites for hydroxylation is 2. The van der Waals surface area contributed by atoms with E-state index in [2.05, 4.69) is 35.7 Å². The van der Waals surface area contributed by atoms with Gasteiger partial charge in [0.2, 0.25) is 5.95 Å². The number of rotatable bonds is 4. The molecule has 6 rings (SSSR count). The van der Waals surface area contributed by atoms with Crippen molar-refractivity contribution < 1.29 is 17.7 Å². The lowest BCUT2D eigenvalue weighted by atomic mass is 9.96. The summed E-state index contributed by atoms with van der Waals surface area (Å²) in [6.45, 7) is 3.60. The zero-order valence-corrected chi connectivity index (χ0v) is 18.5. The highest BCUT2D eigenvalue weighted by molar-refractivity contribution is 5.94. The number of aromatic nitrogens is 5. The molecule has 0 aliphatic carbocycles. The highest BCUT2D eigenvalue weighted by Crippen LogP contribution is 2.39. The summed E-state index contributed by atoms with van der Waals surface area (Å²) in [6.07, 6.45) is 0.837. The smallest absolute Gasteiger partial charge is 0.361 e. The van der Waals surface area contributed by atoms with Gasteiger partial charge in [0.05, 0.1) is 22.6 Å². The Morgan fingerprint density at radius 1 is 1.15 bits per heavy atom. The Morgan fingerprint density at radius 2 is 2.00 bits per heavy atom. The summed E-state index contributed by atoms with van der Waals surface area (Å²) >= 11 is 0. The van der Waals surface area contributed by atoms with Crippen LogP contribution in [0.15, 0.2) is 29.0 Å². The molecule has 11 heteroatoms. The second kappa shape index (κ2) is 7.52. The second-order valence-electron chi connectivity index (χ2n) is 8.98. The minimum absolute atomic E-state index is 0.102. The van der Waals surface area contributed by atoms with Crippen LogP contribution < -0.4 is 10.6 Å². The molecule has 4 aromatic rings. The lowest BCUT2D eigenvalue weighted by Crippen LogP contribution is -2.34. The predicted molar refractivity (Wildman–Crippen MR) is 119 cm³/mol. The van der Waals surface area contributed by atoms with Gasteiger partial charge in [0.1, 0.15) is 17.0 Å². The maximum atomic E-state index is 13.9. The fraction of sp³-hybridized carbons (Fsp3) is 0.391. The van der Waals surface area contributed by atoms with E-state index in [1.807, 2.05) is 6.92 Å². The highest BCUT2D eigenvalue weighted by Gasteiger charge is 2.40. The van der Waals surface area contributed by atoms with E-state index in [0.29, 0.717) is 45.8 Å². The molecule has 2 aliphatic heterocycles. The number of fused-ring (bicyclic) bond motifs is 3. The van der Waals surface area contributed by atoms with E-state index in [-0.39, 0.29) is 17.7 Å². The van der Waals surface area contributed by atoms with Crippen LogP contribution in [0.5, 0.6) is 0 Å². The minimum Gasteiger partial charge on any atom is -0.361 e. The summed E-state index contributed by atoms with van der Waals surface area (Å²) in [5.74, 6) is 0.814. The number of H-pyrrole nitrogens is 1. The van der Waals surface area contributed by atoms with Crippen molar-refractivity contribution in [2.45, 2.75) is 57.4 Å². The molecule has 176 valence electrons. The van der Waals surface area contributed by atoms with Gasteiger partial charge in [-0.15, -0.1) is 0 Å². The first-order chi connectivity index (χ1) is 16.3. The molecule has 2 bridgehead atoms. The number of nitrogens with zero attached hydrogens (tertiary/aromatic N) is 4. The molecule has 0 saturated carbocycles. The van der Waals surface area contributed by atoms with Crippen LogP contribution in [0.3, 0.4) is 0 Å². The van der Waals surface area contributed by atoms with Crippen LogP contribution in [-0.2, 0) is 6.18 Å². The molecule has 3 atom stereocenters. The topological polar surface area (TPSA) is 105 Å². The fourth-order valence-corrected chi connectivity index (χ4v) is 5.20. The average Bonchev–Trinajstić information content (AvgIpc) is 3.57. The molecule has 2 saturated heterocycles. The van der Waals surface area contributed by atoms with E-state index in [1.54, 1.807) is 19.1 Å². The van der Waals surface area contributed by atoms with Gasteiger partial charge < -0.3 is 20.1 Å². The molecular weight excluding hydrogens is 447 g/mol. The van der Waals surface area contributed by atoms with Crippen molar-refractivity contribution in [1.29, 1.82) is 0 Å². The number of hydrogen-bond donors (Lipinski definition) is 3. The average molecular weight is 469 g/mol. The first-order valence-electron chi connectivity index (χ1n) is 11.2. The van der Waals surface area contributed by atoms with E-state index in [9.17, 15) is 13.2 Å². The second-order valence-corrected chi connectivity index (χ2v) is 8.98. The summed E-state index contributed by atoms with van der Waals surface area (Å²) in [5.41, 5.74) is 1.78. The summed E-state index contributed by atoms with van der Waals surface area (Å²) in [6, 6.07) is 4.33. The first-order valence-corrected chi connectivity index (χ1v) is 11.2. The Bertz CT molecular complexity index is 1370. The Balaban J connectivity index is 1.41. The van der Waals surface area contributed by atoms with Crippen LogP contribution in [-0.4, -0.2) is 43.2 Å². The molecule has 0 radical (unpaired) electrons. The number of aromatic amines is 1. The third-order valence-corrected chi connectivity index (χ3v) is 6.79. The molecule has 0 unspecified atom stereocenters. The lowest BCUT2D eigenvalue weighted by Gasteiger charge is -2.22. The third kappa shape index (κ3) is 3.42. The number of halogens is 3. The largest absolute Gasteiger partial charge is 0.419 e. The summed E-state index contributed by atoms with van der Waals surface area (Å²) < 4.78 is 46.9. The SMILES string of the molecule is Cc1noc(C)c1-c1ccc2c(-c3nc(N[C@@H]4C[C@@H]5CC[C@H]4N5)ncc3C(F)(F)F)c[nH]c2n1. The number of anilines is 1. The van der Waals surface area contributed by atoms with Gasteiger partial charge in [0, 0.05) is 41.5 Å². The molecule has 2 fully saturated rings. The van der Waals surface area contributed by atoms with Crippen LogP contribution in [0, 0.1) is 13.8 Å². The third-order valence-electron chi connectivity index (χ3n) is 6.79. The molecule has 4 aromatic heterocycles. The van der Waals surface area contributed by atoms with Gasteiger partial charge in [-0.3, -0.25) is 0 Å². The molecule has 0 aromatic carbocycles. The van der Waals surface area contributed by atoms with Gasteiger partial charge in [-0.1, -0.05) is 5.16 Å². The predicted octanol–water partition coefficient (Wildman–Crippen LogP) is 4.62. The molecule has 3 N–H and O–H groups in total. The van der Waals surface area contributed by atoms with Crippen molar-refractivity contribution >= 4 is 17.0 Å². The summed E-state index contributed by atoms with van der Waals surface area (Å²) in [7, 11) is 0. The Morgan fingerprint density at radius 3 is 2.68 bits per heavy atom. The Kier molecular flexibility index (Phi) is 4.67. The van der Waals surface area contributed by atoms with E-state index in [1.165, 1.54) is 6.20 Å². The first kappa shape index (κ1) is 21.1. The zero-order valence-electron chi connectivity index (χ0n) is 18.5. The van der Waals surface area contributed by atoms with E-state index >= 15 is 0 Å². The van der Waals surface area contributed by atoms with Crippen LogP contribution in [0.4, 0.5) is 19.1 Å². The molecule has 2 aliphatic rings. The van der Waals surface area contributed by atoms with Crippen molar-refractivity contribution in [2.75, 3.05) is 5.32 Å². The van der Waals surface area contributed by atoms with E-state index < -0.39 is 11.7 Å². The molecule has 0 spiro atoms. The Hall–Kier alpha value is -3.47. The van der Waals surface area contributed by atoms with Crippen molar-refractivity contribution in [3.8, 4) is 22.5 Å². The van der Waals surface area contributed by atoms with Gasteiger partial charge in [0.25, 0.3) is 0 Å². The van der Waals surface area contributed by atoms with Crippen LogP contribution in [0.25, 0.3) is 33.5 Å². The Labute approximate surface area is 192 Å². The maximum absolute atomic E-state index is 13.9. The highest BCUT2D eigenvalue weighted by atomic mass is 19.4. The molecule has 6 heterocycles. The van der Waals surface area contributed by atoms with Gasteiger partial charge in [-0.2, -0.15) is 13.2 Å². The molecule has 0 amide bonds. The minimum atomic E-state index is -4.60. The molecular formula is C23H22F3N7O. The fourth-order valence-electron chi connectivity index (χ4n) is 5.20. The van der Waals surface area contributed by atoms with E-state index in [0.717, 1.165) is 31.0 Å². The van der Waals surface area contributed by atoms with Crippen LogP contribution in [0.1, 0.15) is 36.3 Å². The quantitative estimate of drug-likeness (QED) is 0.401. The van der Waals surface area contributed by atoms with Gasteiger partial charge in [-0.25, -0.2) is 15.0 Å². The lowest BCUT2D eigenvalue weighted by molar-refractivity contribution is -0.137. The van der Waals surface area contributed by atoms with Crippen LogP contribution in [0.2, 0.25) is 0 Å². The zero-order chi connectivity index (χ0) is 23.6. The van der Waals surface area contributed by atoms with E-state index in [4.69, 9.17) is 4.52 Å². The maximum Gasteiger partial charge on any atom is 0.419 e. The summed E-state index contributed by atoms with van der Waals surface area (Å²) in [5, 5.41) is 11.2. The molecule has 34 heavy (non-hydrogen) atoms. The van der Waals surface area contributed by atoms with Gasteiger partial charge in [0.15, 0.2) is 0 Å². The monoisotopic (exact) mass is 469 g/mol. The van der Waals surface area contributed by atoms with Crippen molar-refractivity contribution in [1.82, 2.24) is 30.4 Å².